The van der Waals surface area contributed by atoms with E-state index in [1.165, 1.54) is 0 Å². The molecule has 0 radical (unpaired) electrons. The fourth-order valence-corrected chi connectivity index (χ4v) is 4.81. The number of halogens is 1. The number of hydrogen-bond acceptors (Lipinski definition) is 8. The third-order valence-electron chi connectivity index (χ3n) is 5.24. The Morgan fingerprint density at radius 1 is 1.19 bits per heavy atom. The molecule has 2 amide bonds. The van der Waals surface area contributed by atoms with Gasteiger partial charge < -0.3 is 20.5 Å². The van der Waals surface area contributed by atoms with E-state index in [0.717, 1.165) is 11.8 Å². The van der Waals surface area contributed by atoms with Crippen molar-refractivity contribution in [2.75, 3.05) is 11.9 Å². The maximum Gasteiger partial charge on any atom is 0.328 e. The lowest BCUT2D eigenvalue weighted by Gasteiger charge is -2.15. The van der Waals surface area contributed by atoms with Crippen molar-refractivity contribution in [3.63, 3.8) is 0 Å². The van der Waals surface area contributed by atoms with Crippen molar-refractivity contribution in [1.82, 2.24) is 15.3 Å². The molecule has 0 spiro atoms. The molecule has 2 aromatic carbocycles. The van der Waals surface area contributed by atoms with Crippen molar-refractivity contribution in [3.05, 3.63) is 85.5 Å². The molecular formula is C24H22ClN5O6S. The number of anilines is 1. The van der Waals surface area contributed by atoms with Gasteiger partial charge in [-0.3, -0.25) is 24.4 Å². The van der Waals surface area contributed by atoms with E-state index in [9.17, 15) is 24.3 Å². The molecule has 0 unspecified atom stereocenters. The number of H-pyrrole nitrogens is 2. The number of aromatic hydroxyl groups is 1. The number of amides is 2. The number of aromatic nitrogens is 2. The zero-order valence-corrected chi connectivity index (χ0v) is 21.0. The first kappa shape index (κ1) is 26.0. The van der Waals surface area contributed by atoms with Gasteiger partial charge in [-0.05, 0) is 42.8 Å². The van der Waals surface area contributed by atoms with Crippen LogP contribution in [0.3, 0.4) is 0 Å². The lowest BCUT2D eigenvalue weighted by atomic mass is 10.0. The van der Waals surface area contributed by atoms with E-state index in [4.69, 9.17) is 16.3 Å². The van der Waals surface area contributed by atoms with Gasteiger partial charge in [0.05, 0.1) is 6.61 Å². The van der Waals surface area contributed by atoms with Crippen LogP contribution >= 0.6 is 23.4 Å². The normalized spacial score (nSPS) is 16.9. The minimum absolute atomic E-state index is 0.139. The van der Waals surface area contributed by atoms with E-state index >= 15 is 0 Å². The van der Waals surface area contributed by atoms with Crippen LogP contribution in [0.5, 0.6) is 11.6 Å². The lowest BCUT2D eigenvalue weighted by molar-refractivity contribution is -0.122. The van der Waals surface area contributed by atoms with Gasteiger partial charge in [-0.25, -0.2) is 9.79 Å². The SMILES string of the molecule is CCOc1ccc([C@H](N=C2NC(=O)[C@H](CC(=O)Nc3cccc(Cl)c3)S2)c2c(O)[nH]c(=O)[nH]c2=O)cc1. The van der Waals surface area contributed by atoms with Gasteiger partial charge in [-0.2, -0.15) is 0 Å². The third-order valence-corrected chi connectivity index (χ3v) is 6.57. The molecule has 4 rings (SSSR count). The average molecular weight is 544 g/mol. The molecule has 0 saturated carbocycles. The molecule has 1 aliphatic rings. The molecule has 11 nitrogen and oxygen atoms in total. The summed E-state index contributed by atoms with van der Waals surface area (Å²) in [5.74, 6) is -0.890. The summed E-state index contributed by atoms with van der Waals surface area (Å²) in [5.41, 5.74) is -0.942. The van der Waals surface area contributed by atoms with Crippen LogP contribution in [0.25, 0.3) is 0 Å². The smallest absolute Gasteiger partial charge is 0.328 e. The van der Waals surface area contributed by atoms with Crippen molar-refractivity contribution in [2.24, 2.45) is 4.99 Å². The average Bonchev–Trinajstić information content (AvgIpc) is 3.17. The van der Waals surface area contributed by atoms with Crippen LogP contribution in [0, 0.1) is 0 Å². The number of benzene rings is 2. The van der Waals surface area contributed by atoms with Gasteiger partial charge >= 0.3 is 5.69 Å². The topological polar surface area (TPSA) is 166 Å². The molecule has 0 aliphatic carbocycles. The second kappa shape index (κ2) is 11.4. The first-order chi connectivity index (χ1) is 17.7. The fraction of sp³-hybridized carbons (Fsp3) is 0.208. The Morgan fingerprint density at radius 2 is 1.95 bits per heavy atom. The Morgan fingerprint density at radius 3 is 2.62 bits per heavy atom. The second-order valence-electron chi connectivity index (χ2n) is 7.87. The summed E-state index contributed by atoms with van der Waals surface area (Å²) in [5, 5.41) is 15.5. The minimum Gasteiger partial charge on any atom is -0.494 e. The van der Waals surface area contributed by atoms with Crippen molar-refractivity contribution in [1.29, 1.82) is 0 Å². The minimum atomic E-state index is -1.09. The molecule has 1 aliphatic heterocycles. The van der Waals surface area contributed by atoms with Crippen LogP contribution in [0.4, 0.5) is 5.69 Å². The summed E-state index contributed by atoms with van der Waals surface area (Å²) in [6.45, 7) is 2.30. The van der Waals surface area contributed by atoms with Crippen molar-refractivity contribution in [3.8, 4) is 11.6 Å². The van der Waals surface area contributed by atoms with E-state index in [0.29, 0.717) is 28.6 Å². The summed E-state index contributed by atoms with van der Waals surface area (Å²) in [7, 11) is 0. The molecule has 1 fully saturated rings. The van der Waals surface area contributed by atoms with Crippen LogP contribution in [0.1, 0.15) is 30.5 Å². The number of nitrogens with one attached hydrogen (secondary N) is 4. The van der Waals surface area contributed by atoms with Gasteiger partial charge in [0.25, 0.3) is 5.56 Å². The Bertz CT molecular complexity index is 1470. The van der Waals surface area contributed by atoms with Crippen LogP contribution in [-0.4, -0.2) is 43.9 Å². The third kappa shape index (κ3) is 6.40. The van der Waals surface area contributed by atoms with Gasteiger partial charge in [0.2, 0.25) is 17.7 Å². The zero-order chi connectivity index (χ0) is 26.5. The molecule has 1 saturated heterocycles. The number of aliphatic imine (C=N–C) groups is 1. The van der Waals surface area contributed by atoms with Crippen LogP contribution in [-0.2, 0) is 9.59 Å². The number of nitrogens with zero attached hydrogens (tertiary/aromatic N) is 1. The van der Waals surface area contributed by atoms with Gasteiger partial charge in [0, 0.05) is 17.1 Å². The number of amidine groups is 1. The van der Waals surface area contributed by atoms with Crippen LogP contribution < -0.4 is 26.6 Å². The molecule has 3 aromatic rings. The van der Waals surface area contributed by atoms with Gasteiger partial charge in [0.1, 0.15) is 22.6 Å². The quantitative estimate of drug-likeness (QED) is 0.291. The summed E-state index contributed by atoms with van der Waals surface area (Å²) >= 11 is 6.96. The highest BCUT2D eigenvalue weighted by atomic mass is 35.5. The highest BCUT2D eigenvalue weighted by molar-refractivity contribution is 8.15. The van der Waals surface area contributed by atoms with Gasteiger partial charge in [-0.15, -0.1) is 0 Å². The Hall–Kier alpha value is -4.03. The Labute approximate surface area is 219 Å². The zero-order valence-electron chi connectivity index (χ0n) is 19.4. The number of hydrogen-bond donors (Lipinski definition) is 5. The van der Waals surface area contributed by atoms with E-state index < -0.39 is 40.2 Å². The van der Waals surface area contributed by atoms with Crippen LogP contribution in [0.15, 0.2) is 63.1 Å². The molecular weight excluding hydrogens is 522 g/mol. The number of ether oxygens (including phenoxy) is 1. The lowest BCUT2D eigenvalue weighted by Crippen LogP contribution is -2.29. The van der Waals surface area contributed by atoms with Crippen molar-refractivity contribution >= 4 is 46.0 Å². The number of carbonyl (C=O) groups excluding carboxylic acids is 2. The first-order valence-electron chi connectivity index (χ1n) is 11.1. The van der Waals surface area contributed by atoms with Gasteiger partial charge in [-0.1, -0.05) is 41.6 Å². The van der Waals surface area contributed by atoms with E-state index in [1.807, 2.05) is 6.92 Å². The maximum absolute atomic E-state index is 12.6. The molecule has 2 atom stereocenters. The fourth-order valence-electron chi connectivity index (χ4n) is 3.62. The van der Waals surface area contributed by atoms with Gasteiger partial charge in [0.15, 0.2) is 5.17 Å². The monoisotopic (exact) mass is 543 g/mol. The second-order valence-corrected chi connectivity index (χ2v) is 9.50. The highest BCUT2D eigenvalue weighted by Crippen LogP contribution is 2.32. The maximum atomic E-state index is 12.6. The van der Waals surface area contributed by atoms with Crippen molar-refractivity contribution in [2.45, 2.75) is 24.6 Å². The standard InChI is InChI=1S/C24H22ClN5O6S/c1-2-36-15-8-6-12(7-9-15)19(18-21(33)28-23(35)29-22(18)34)27-24-30-20(32)16(37-24)11-17(31)26-14-5-3-4-13(25)10-14/h3-10,16,19H,2,11H2,1H3,(H,26,31)(H,27,30,32)(H3,28,29,33,34,35)/t16-,19-/m0/s1. The highest BCUT2D eigenvalue weighted by Gasteiger charge is 2.34. The first-order valence-corrected chi connectivity index (χ1v) is 12.4. The predicted molar refractivity (Wildman–Crippen MR) is 140 cm³/mol. The molecule has 1 aromatic heterocycles. The summed E-state index contributed by atoms with van der Waals surface area (Å²) in [4.78, 5) is 58.0. The van der Waals surface area contributed by atoms with Crippen LogP contribution in [0.2, 0.25) is 5.02 Å². The van der Waals surface area contributed by atoms with E-state index in [2.05, 4.69) is 25.6 Å². The molecule has 37 heavy (non-hydrogen) atoms. The van der Waals surface area contributed by atoms with E-state index in [-0.39, 0.29) is 17.2 Å². The molecule has 0 bridgehead atoms. The number of thioether (sulfide) groups is 1. The molecule has 2 heterocycles. The molecule has 13 heteroatoms. The summed E-state index contributed by atoms with van der Waals surface area (Å²) in [6, 6.07) is 12.2. The molecule has 5 N–H and O–H groups in total. The van der Waals surface area contributed by atoms with Crippen molar-refractivity contribution < 1.29 is 19.4 Å². The predicted octanol–water partition coefficient (Wildman–Crippen LogP) is 2.53. The number of aromatic amines is 2. The number of rotatable bonds is 8. The Balaban J connectivity index is 1.59. The summed E-state index contributed by atoms with van der Waals surface area (Å²) < 4.78 is 5.45. The number of carbonyl (C=O) groups is 2. The Kier molecular flexibility index (Phi) is 7.99. The molecule has 192 valence electrons. The summed E-state index contributed by atoms with van der Waals surface area (Å²) in [6.07, 6.45) is -0.139. The largest absolute Gasteiger partial charge is 0.494 e. The van der Waals surface area contributed by atoms with E-state index in [1.54, 1.807) is 48.5 Å².